The zero-order valence-corrected chi connectivity index (χ0v) is 14.2. The molecule has 2 rings (SSSR count). The number of hydrogen-bond donors (Lipinski definition) is 1. The highest BCUT2D eigenvalue weighted by atomic mass is 79.9. The van der Waals surface area contributed by atoms with Crippen LogP contribution in [-0.4, -0.2) is 20.6 Å². The first kappa shape index (κ1) is 15.5. The van der Waals surface area contributed by atoms with Gasteiger partial charge in [-0.1, -0.05) is 12.1 Å². The van der Waals surface area contributed by atoms with Crippen molar-refractivity contribution >= 4 is 43.0 Å². The van der Waals surface area contributed by atoms with Gasteiger partial charge in [0, 0.05) is 11.9 Å². The standard InChI is InChI=1S/C13H14BrNO3S2/c1-9-4-3-5-10(6-9)15(2)20(17,18)12-7-11(8-16)19-13(12)14/h3-7,16H,8H2,1-2H3. The highest BCUT2D eigenvalue weighted by Gasteiger charge is 2.26. The number of hydrogen-bond acceptors (Lipinski definition) is 4. The number of rotatable bonds is 4. The van der Waals surface area contributed by atoms with Crippen LogP contribution in [0.15, 0.2) is 39.0 Å². The summed E-state index contributed by atoms with van der Waals surface area (Å²) in [6.45, 7) is 1.74. The van der Waals surface area contributed by atoms with Crippen LogP contribution in [0.2, 0.25) is 0 Å². The number of aliphatic hydroxyl groups excluding tert-OH is 1. The Morgan fingerprint density at radius 2 is 2.05 bits per heavy atom. The second-order valence-electron chi connectivity index (χ2n) is 4.32. The first-order valence-electron chi connectivity index (χ1n) is 5.81. The molecule has 1 aromatic heterocycles. The van der Waals surface area contributed by atoms with Gasteiger partial charge in [-0.25, -0.2) is 8.42 Å². The molecule has 0 saturated carbocycles. The van der Waals surface area contributed by atoms with E-state index in [1.165, 1.54) is 28.8 Å². The molecular weight excluding hydrogens is 362 g/mol. The van der Waals surface area contributed by atoms with Gasteiger partial charge in [-0.3, -0.25) is 4.31 Å². The van der Waals surface area contributed by atoms with Crippen LogP contribution in [0, 0.1) is 6.92 Å². The highest BCUT2D eigenvalue weighted by Crippen LogP contribution is 2.34. The number of aliphatic hydroxyl groups is 1. The number of nitrogens with zero attached hydrogens (tertiary/aromatic N) is 1. The minimum atomic E-state index is -3.64. The van der Waals surface area contributed by atoms with Crippen molar-refractivity contribution in [2.24, 2.45) is 0 Å². The summed E-state index contributed by atoms with van der Waals surface area (Å²) in [5, 5.41) is 9.11. The SMILES string of the molecule is Cc1cccc(N(C)S(=O)(=O)c2cc(CO)sc2Br)c1. The smallest absolute Gasteiger partial charge is 0.266 e. The molecule has 0 atom stereocenters. The molecule has 0 aliphatic rings. The van der Waals surface area contributed by atoms with Crippen LogP contribution in [0.3, 0.4) is 0 Å². The second kappa shape index (κ2) is 5.85. The van der Waals surface area contributed by atoms with E-state index in [1.54, 1.807) is 6.07 Å². The molecule has 20 heavy (non-hydrogen) atoms. The Morgan fingerprint density at radius 3 is 2.60 bits per heavy atom. The van der Waals surface area contributed by atoms with E-state index in [0.717, 1.165) is 5.56 Å². The summed E-state index contributed by atoms with van der Waals surface area (Å²) in [5.41, 5.74) is 1.60. The third-order valence-electron chi connectivity index (χ3n) is 2.87. The van der Waals surface area contributed by atoms with Crippen molar-refractivity contribution in [3.63, 3.8) is 0 Å². The molecule has 7 heteroatoms. The van der Waals surface area contributed by atoms with Gasteiger partial charge in [0.15, 0.2) is 0 Å². The largest absolute Gasteiger partial charge is 0.391 e. The Bertz CT molecular complexity index is 725. The first-order valence-corrected chi connectivity index (χ1v) is 8.86. The van der Waals surface area contributed by atoms with Gasteiger partial charge in [-0.05, 0) is 46.6 Å². The number of sulfonamides is 1. The molecule has 2 aromatic rings. The van der Waals surface area contributed by atoms with Gasteiger partial charge in [-0.15, -0.1) is 11.3 Å². The number of thiophene rings is 1. The van der Waals surface area contributed by atoms with E-state index in [-0.39, 0.29) is 11.5 Å². The average molecular weight is 376 g/mol. The van der Waals surface area contributed by atoms with E-state index in [4.69, 9.17) is 5.11 Å². The molecule has 0 bridgehead atoms. The lowest BCUT2D eigenvalue weighted by molar-refractivity contribution is 0.285. The van der Waals surface area contributed by atoms with E-state index in [1.807, 2.05) is 25.1 Å². The van der Waals surface area contributed by atoms with E-state index < -0.39 is 10.0 Å². The third kappa shape index (κ3) is 2.90. The molecule has 0 fully saturated rings. The maximum absolute atomic E-state index is 12.6. The zero-order valence-electron chi connectivity index (χ0n) is 11.0. The monoisotopic (exact) mass is 375 g/mol. The lowest BCUT2D eigenvalue weighted by Crippen LogP contribution is -2.26. The molecule has 0 aliphatic heterocycles. The minimum Gasteiger partial charge on any atom is -0.391 e. The Morgan fingerprint density at radius 1 is 1.35 bits per heavy atom. The Balaban J connectivity index is 2.46. The number of benzene rings is 1. The van der Waals surface area contributed by atoms with Crippen LogP contribution >= 0.6 is 27.3 Å². The van der Waals surface area contributed by atoms with E-state index in [9.17, 15) is 8.42 Å². The topological polar surface area (TPSA) is 57.6 Å². The van der Waals surface area contributed by atoms with E-state index >= 15 is 0 Å². The van der Waals surface area contributed by atoms with Gasteiger partial charge in [0.05, 0.1) is 16.1 Å². The maximum Gasteiger partial charge on any atom is 0.266 e. The third-order valence-corrected chi connectivity index (χ3v) is 6.89. The van der Waals surface area contributed by atoms with Crippen LogP contribution in [-0.2, 0) is 16.6 Å². The molecule has 1 N–H and O–H groups in total. The molecule has 0 radical (unpaired) electrons. The van der Waals surface area contributed by atoms with Crippen LogP contribution in [0.1, 0.15) is 10.4 Å². The maximum atomic E-state index is 12.6. The van der Waals surface area contributed by atoms with Crippen molar-refractivity contribution in [3.05, 3.63) is 44.6 Å². The van der Waals surface area contributed by atoms with Crippen molar-refractivity contribution in [1.29, 1.82) is 0 Å². The van der Waals surface area contributed by atoms with Gasteiger partial charge < -0.3 is 5.11 Å². The number of anilines is 1. The second-order valence-corrected chi connectivity index (χ2v) is 8.71. The lowest BCUT2D eigenvalue weighted by Gasteiger charge is -2.19. The average Bonchev–Trinajstić information content (AvgIpc) is 2.80. The van der Waals surface area contributed by atoms with Crippen molar-refractivity contribution in [1.82, 2.24) is 0 Å². The summed E-state index contributed by atoms with van der Waals surface area (Å²) >= 11 is 4.47. The summed E-state index contributed by atoms with van der Waals surface area (Å²) < 4.78 is 27.0. The van der Waals surface area contributed by atoms with Crippen LogP contribution < -0.4 is 4.31 Å². The first-order chi connectivity index (χ1) is 9.36. The normalized spacial score (nSPS) is 11.6. The van der Waals surface area contributed by atoms with Gasteiger partial charge in [0.1, 0.15) is 4.90 Å². The molecular formula is C13H14BrNO3S2. The predicted octanol–water partition coefficient (Wildman–Crippen LogP) is 3.14. The van der Waals surface area contributed by atoms with E-state index in [0.29, 0.717) is 14.4 Å². The fourth-order valence-electron chi connectivity index (χ4n) is 1.76. The Kier molecular flexibility index (Phi) is 4.53. The quantitative estimate of drug-likeness (QED) is 0.892. The van der Waals surface area contributed by atoms with Crippen molar-refractivity contribution in [3.8, 4) is 0 Å². The zero-order chi connectivity index (χ0) is 14.9. The fraction of sp³-hybridized carbons (Fsp3) is 0.231. The Labute approximate surface area is 130 Å². The molecule has 0 amide bonds. The molecule has 1 aromatic carbocycles. The van der Waals surface area contributed by atoms with Crippen molar-refractivity contribution in [2.45, 2.75) is 18.4 Å². The molecule has 4 nitrogen and oxygen atoms in total. The highest BCUT2D eigenvalue weighted by molar-refractivity contribution is 9.11. The molecule has 108 valence electrons. The predicted molar refractivity (Wildman–Crippen MR) is 84.7 cm³/mol. The summed E-state index contributed by atoms with van der Waals surface area (Å²) in [6, 6.07) is 8.78. The summed E-state index contributed by atoms with van der Waals surface area (Å²) in [6.07, 6.45) is 0. The molecule has 1 heterocycles. The van der Waals surface area contributed by atoms with Crippen LogP contribution in [0.4, 0.5) is 5.69 Å². The van der Waals surface area contributed by atoms with E-state index in [2.05, 4.69) is 15.9 Å². The fourth-order valence-corrected chi connectivity index (χ4v) is 5.44. The molecule has 0 unspecified atom stereocenters. The van der Waals surface area contributed by atoms with Crippen LogP contribution in [0.5, 0.6) is 0 Å². The van der Waals surface area contributed by atoms with Gasteiger partial charge in [0.2, 0.25) is 0 Å². The van der Waals surface area contributed by atoms with Crippen molar-refractivity contribution < 1.29 is 13.5 Å². The lowest BCUT2D eigenvalue weighted by atomic mass is 10.2. The molecule has 0 spiro atoms. The molecule has 0 saturated heterocycles. The van der Waals surface area contributed by atoms with Gasteiger partial charge >= 0.3 is 0 Å². The van der Waals surface area contributed by atoms with Crippen LogP contribution in [0.25, 0.3) is 0 Å². The Hall–Kier alpha value is -0.890. The van der Waals surface area contributed by atoms with Gasteiger partial charge in [-0.2, -0.15) is 0 Å². The number of halogens is 1. The minimum absolute atomic E-state index is 0.174. The van der Waals surface area contributed by atoms with Crippen molar-refractivity contribution in [2.75, 3.05) is 11.4 Å². The number of aryl methyl sites for hydroxylation is 1. The molecule has 0 aliphatic carbocycles. The summed E-state index contributed by atoms with van der Waals surface area (Å²) in [7, 11) is -2.12. The summed E-state index contributed by atoms with van der Waals surface area (Å²) in [5.74, 6) is 0. The van der Waals surface area contributed by atoms with Gasteiger partial charge in [0.25, 0.3) is 10.0 Å². The summed E-state index contributed by atoms with van der Waals surface area (Å²) in [4.78, 5) is 0.781.